The predicted octanol–water partition coefficient (Wildman–Crippen LogP) is 3.38. The molecule has 0 radical (unpaired) electrons. The van der Waals surface area contributed by atoms with E-state index in [2.05, 4.69) is 15.0 Å². The number of rotatable bonds is 7. The molecule has 0 aliphatic heterocycles. The van der Waals surface area contributed by atoms with E-state index < -0.39 is 12.2 Å². The van der Waals surface area contributed by atoms with Crippen LogP contribution in [-0.4, -0.2) is 26.0 Å². The summed E-state index contributed by atoms with van der Waals surface area (Å²) in [5.74, 6) is -0.357. The van der Waals surface area contributed by atoms with Crippen molar-refractivity contribution >= 4 is 5.96 Å². The molecule has 9 heteroatoms. The Kier molecular flexibility index (Phi) is 6.86. The molecule has 0 aliphatic rings. The van der Waals surface area contributed by atoms with Gasteiger partial charge in [0, 0.05) is 6.54 Å². The van der Waals surface area contributed by atoms with Crippen molar-refractivity contribution in [3.63, 3.8) is 0 Å². The van der Waals surface area contributed by atoms with Gasteiger partial charge in [-0.15, -0.1) is 13.2 Å². The third-order valence-electron chi connectivity index (χ3n) is 3.52. The first-order valence-corrected chi connectivity index (χ1v) is 7.98. The van der Waals surface area contributed by atoms with Crippen LogP contribution in [0.25, 0.3) is 0 Å². The maximum absolute atomic E-state index is 13.3. The van der Waals surface area contributed by atoms with Crippen LogP contribution in [0.15, 0.2) is 47.5 Å². The summed E-state index contributed by atoms with van der Waals surface area (Å²) in [6.45, 7) is 0.679. The van der Waals surface area contributed by atoms with Crippen LogP contribution in [0.4, 0.5) is 17.6 Å². The predicted molar refractivity (Wildman–Crippen MR) is 93.1 cm³/mol. The fourth-order valence-electron chi connectivity index (χ4n) is 2.22. The molecule has 0 heterocycles. The van der Waals surface area contributed by atoms with Crippen LogP contribution >= 0.6 is 0 Å². The van der Waals surface area contributed by atoms with Crippen molar-refractivity contribution in [2.45, 2.75) is 19.3 Å². The second-order valence-corrected chi connectivity index (χ2v) is 5.54. The van der Waals surface area contributed by atoms with E-state index in [1.54, 1.807) is 12.1 Å². The number of aliphatic imine (C=N–C) groups is 1. The van der Waals surface area contributed by atoms with Crippen molar-refractivity contribution in [2.75, 3.05) is 13.7 Å². The van der Waals surface area contributed by atoms with E-state index in [1.807, 2.05) is 0 Å². The lowest BCUT2D eigenvalue weighted by atomic mass is 10.1. The molecule has 146 valence electrons. The first-order valence-electron chi connectivity index (χ1n) is 7.98. The van der Waals surface area contributed by atoms with Gasteiger partial charge in [0.25, 0.3) is 0 Å². The number of hydrogen-bond acceptors (Lipinski definition) is 3. The average molecular weight is 385 g/mol. The van der Waals surface area contributed by atoms with Gasteiger partial charge in [0.05, 0.1) is 13.7 Å². The molecule has 0 unspecified atom stereocenters. The van der Waals surface area contributed by atoms with Gasteiger partial charge in [-0.25, -0.2) is 9.38 Å². The van der Waals surface area contributed by atoms with Crippen molar-refractivity contribution in [3.05, 3.63) is 59.4 Å². The molecule has 27 heavy (non-hydrogen) atoms. The van der Waals surface area contributed by atoms with E-state index >= 15 is 0 Å². The normalized spacial score (nSPS) is 12.0. The number of halogens is 4. The summed E-state index contributed by atoms with van der Waals surface area (Å²) < 4.78 is 58.4. The van der Waals surface area contributed by atoms with Gasteiger partial charge in [-0.3, -0.25) is 0 Å². The molecule has 0 saturated carbocycles. The highest BCUT2D eigenvalue weighted by Gasteiger charge is 2.30. The molecule has 0 saturated heterocycles. The third-order valence-corrected chi connectivity index (χ3v) is 3.52. The topological polar surface area (TPSA) is 68.9 Å². The van der Waals surface area contributed by atoms with Crippen LogP contribution in [0.5, 0.6) is 11.5 Å². The Morgan fingerprint density at radius 1 is 1.11 bits per heavy atom. The standard InChI is InChI=1S/C18H19F4N3O2/c1-26-16-10-12(4-7-15(16)19)8-9-24-17(23)25-11-13-2-5-14(6-3-13)27-18(20,21)22/h2-7,10H,8-9,11H2,1H3,(H3,23,24,25). The Labute approximate surface area is 153 Å². The molecule has 2 aromatic carbocycles. The monoisotopic (exact) mass is 385 g/mol. The van der Waals surface area contributed by atoms with E-state index in [4.69, 9.17) is 10.5 Å². The molecule has 0 spiro atoms. The first-order chi connectivity index (χ1) is 12.8. The highest BCUT2D eigenvalue weighted by molar-refractivity contribution is 5.77. The van der Waals surface area contributed by atoms with Gasteiger partial charge < -0.3 is 20.5 Å². The van der Waals surface area contributed by atoms with Gasteiger partial charge in [-0.2, -0.15) is 0 Å². The molecular formula is C18H19F4N3O2. The summed E-state index contributed by atoms with van der Waals surface area (Å²) in [6.07, 6.45) is -4.14. The second-order valence-electron chi connectivity index (χ2n) is 5.54. The van der Waals surface area contributed by atoms with Crippen molar-refractivity contribution < 1.29 is 27.0 Å². The Morgan fingerprint density at radius 3 is 2.41 bits per heavy atom. The molecule has 0 atom stereocenters. The highest BCUT2D eigenvalue weighted by atomic mass is 19.4. The van der Waals surface area contributed by atoms with Crippen molar-refractivity contribution in [2.24, 2.45) is 10.7 Å². The molecule has 0 fully saturated rings. The SMILES string of the molecule is COc1cc(CCNC(N)=NCc2ccc(OC(F)(F)F)cc2)ccc1F. The number of nitrogens with two attached hydrogens (primary N) is 1. The average Bonchev–Trinajstić information content (AvgIpc) is 2.61. The highest BCUT2D eigenvalue weighted by Crippen LogP contribution is 2.23. The Morgan fingerprint density at radius 2 is 1.78 bits per heavy atom. The number of methoxy groups -OCH3 is 1. The van der Waals surface area contributed by atoms with E-state index in [1.165, 1.54) is 37.4 Å². The van der Waals surface area contributed by atoms with Gasteiger partial charge >= 0.3 is 6.36 Å². The molecular weight excluding hydrogens is 366 g/mol. The molecule has 0 bridgehead atoms. The number of guanidine groups is 1. The lowest BCUT2D eigenvalue weighted by Crippen LogP contribution is -2.33. The van der Waals surface area contributed by atoms with Gasteiger partial charge in [-0.1, -0.05) is 18.2 Å². The Bertz CT molecular complexity index is 777. The fraction of sp³-hybridized carbons (Fsp3) is 0.278. The smallest absolute Gasteiger partial charge is 0.494 e. The lowest BCUT2D eigenvalue weighted by Gasteiger charge is -2.09. The third kappa shape index (κ3) is 7.04. The summed E-state index contributed by atoms with van der Waals surface area (Å²) in [5, 5.41) is 2.92. The van der Waals surface area contributed by atoms with Crippen molar-refractivity contribution in [3.8, 4) is 11.5 Å². The van der Waals surface area contributed by atoms with E-state index in [-0.39, 0.29) is 24.0 Å². The minimum Gasteiger partial charge on any atom is -0.494 e. The summed E-state index contributed by atoms with van der Waals surface area (Å²) in [4.78, 5) is 4.11. The van der Waals surface area contributed by atoms with E-state index in [9.17, 15) is 17.6 Å². The summed E-state index contributed by atoms with van der Waals surface area (Å²) in [7, 11) is 1.40. The zero-order chi connectivity index (χ0) is 19.9. The van der Waals surface area contributed by atoms with Crippen molar-refractivity contribution in [1.82, 2.24) is 5.32 Å². The molecule has 3 N–H and O–H groups in total. The molecule has 0 amide bonds. The Balaban J connectivity index is 1.80. The zero-order valence-electron chi connectivity index (χ0n) is 14.5. The van der Waals surface area contributed by atoms with E-state index in [0.29, 0.717) is 18.5 Å². The maximum atomic E-state index is 13.3. The molecule has 5 nitrogen and oxygen atoms in total. The number of ether oxygens (including phenoxy) is 2. The van der Waals surface area contributed by atoms with Crippen LogP contribution in [0.2, 0.25) is 0 Å². The second kappa shape index (κ2) is 9.11. The molecule has 2 rings (SSSR count). The summed E-state index contributed by atoms with van der Waals surface area (Å²) in [6, 6.07) is 9.96. The number of alkyl halides is 3. The van der Waals surface area contributed by atoms with Gasteiger partial charge in [0.2, 0.25) is 0 Å². The van der Waals surface area contributed by atoms with E-state index in [0.717, 1.165) is 5.56 Å². The minimum absolute atomic E-state index is 0.173. The first kappa shape index (κ1) is 20.3. The largest absolute Gasteiger partial charge is 0.573 e. The number of nitrogens with zero attached hydrogens (tertiary/aromatic N) is 1. The lowest BCUT2D eigenvalue weighted by molar-refractivity contribution is -0.274. The molecule has 0 aromatic heterocycles. The number of nitrogens with one attached hydrogen (secondary N) is 1. The maximum Gasteiger partial charge on any atom is 0.573 e. The summed E-state index contributed by atoms with van der Waals surface area (Å²) in [5.41, 5.74) is 7.31. The number of hydrogen-bond donors (Lipinski definition) is 2. The van der Waals surface area contributed by atoms with Gasteiger partial charge in [0.1, 0.15) is 5.75 Å². The Hall–Kier alpha value is -2.97. The van der Waals surface area contributed by atoms with Crippen LogP contribution in [0.1, 0.15) is 11.1 Å². The molecule has 2 aromatic rings. The van der Waals surface area contributed by atoms with Gasteiger partial charge in [-0.05, 0) is 41.8 Å². The fourth-order valence-corrected chi connectivity index (χ4v) is 2.22. The summed E-state index contributed by atoms with van der Waals surface area (Å²) >= 11 is 0. The minimum atomic E-state index is -4.72. The number of benzene rings is 2. The van der Waals surface area contributed by atoms with Crippen LogP contribution in [0.3, 0.4) is 0 Å². The van der Waals surface area contributed by atoms with Gasteiger partial charge in [0.15, 0.2) is 17.5 Å². The van der Waals surface area contributed by atoms with Crippen LogP contribution < -0.4 is 20.5 Å². The zero-order valence-corrected chi connectivity index (χ0v) is 14.5. The van der Waals surface area contributed by atoms with Crippen LogP contribution in [-0.2, 0) is 13.0 Å². The quantitative estimate of drug-likeness (QED) is 0.436. The van der Waals surface area contributed by atoms with Crippen molar-refractivity contribution in [1.29, 1.82) is 0 Å². The van der Waals surface area contributed by atoms with Crippen LogP contribution in [0, 0.1) is 5.82 Å². The molecule has 0 aliphatic carbocycles.